The molecule has 0 saturated carbocycles. The third-order valence-electron chi connectivity index (χ3n) is 11.4. The fourth-order valence-corrected chi connectivity index (χ4v) is 8.15. The van der Waals surface area contributed by atoms with Gasteiger partial charge in [-0.3, -0.25) is 14.4 Å². The molecule has 0 unspecified atom stereocenters. The minimum atomic E-state index is -0.686. The van der Waals surface area contributed by atoms with Crippen molar-refractivity contribution < 1.29 is 28.7 Å². The van der Waals surface area contributed by atoms with Crippen LogP contribution in [0.5, 0.6) is 0 Å². The van der Waals surface area contributed by atoms with Crippen molar-refractivity contribution in [3.63, 3.8) is 0 Å². The number of carbonyl (C=O) groups excluding carboxylic acids is 4. The summed E-state index contributed by atoms with van der Waals surface area (Å²) in [5, 5.41) is 8.33. The maximum absolute atomic E-state index is 12.7. The molecular formula is C50H63N3O6. The van der Waals surface area contributed by atoms with Gasteiger partial charge in [0.15, 0.2) is 0 Å². The summed E-state index contributed by atoms with van der Waals surface area (Å²) in [4.78, 5) is 48.5. The number of fused-ring (bicyclic) bond motifs is 6. The number of unbranched alkanes of at least 4 members (excludes halogenated alkanes) is 8. The molecule has 9 nitrogen and oxygen atoms in total. The fourth-order valence-electron chi connectivity index (χ4n) is 8.15. The number of ether oxygens (including phenoxy) is 2. The minimum absolute atomic E-state index is 0.0361. The Balaban J connectivity index is 0.000000287. The molecule has 2 aliphatic rings. The van der Waals surface area contributed by atoms with E-state index in [0.717, 1.165) is 30.4 Å². The van der Waals surface area contributed by atoms with Gasteiger partial charge in [0.1, 0.15) is 19.3 Å². The molecule has 3 amide bonds. The second kappa shape index (κ2) is 23.8. The Labute approximate surface area is 351 Å². The molecule has 4 aromatic carbocycles. The second-order valence-electron chi connectivity index (χ2n) is 15.5. The van der Waals surface area contributed by atoms with Crippen LogP contribution in [0, 0.1) is 0 Å². The summed E-state index contributed by atoms with van der Waals surface area (Å²) in [6.45, 7) is 5.25. The molecule has 0 fully saturated rings. The molecule has 2 aliphatic carbocycles. The Morgan fingerprint density at radius 1 is 0.576 bits per heavy atom. The summed E-state index contributed by atoms with van der Waals surface area (Å²) in [7, 11) is 1.56. The smallest absolute Gasteiger partial charge is 0.407 e. The molecule has 3 N–H and O–H groups in total. The highest BCUT2D eigenvalue weighted by atomic mass is 16.5. The molecule has 314 valence electrons. The zero-order valence-electron chi connectivity index (χ0n) is 35.2. The quantitative estimate of drug-likeness (QED) is 0.0570. The van der Waals surface area contributed by atoms with Gasteiger partial charge >= 0.3 is 12.1 Å². The summed E-state index contributed by atoms with van der Waals surface area (Å²) in [5.74, 6) is -0.173. The van der Waals surface area contributed by atoms with Crippen LogP contribution in [-0.4, -0.2) is 56.7 Å². The maximum atomic E-state index is 12.7. The first-order chi connectivity index (χ1) is 28.9. The molecule has 0 aromatic heterocycles. The van der Waals surface area contributed by atoms with Crippen LogP contribution in [0.4, 0.5) is 4.79 Å². The lowest BCUT2D eigenvalue weighted by molar-refractivity contribution is -0.143. The topological polar surface area (TPSA) is 123 Å². The van der Waals surface area contributed by atoms with E-state index in [-0.39, 0.29) is 36.2 Å². The van der Waals surface area contributed by atoms with Crippen LogP contribution in [0.1, 0.15) is 131 Å². The van der Waals surface area contributed by atoms with Crippen LogP contribution in [-0.2, 0) is 23.9 Å². The molecule has 0 bridgehead atoms. The number of esters is 1. The van der Waals surface area contributed by atoms with Gasteiger partial charge in [-0.2, -0.15) is 0 Å². The molecule has 0 heterocycles. The van der Waals surface area contributed by atoms with E-state index in [1.165, 1.54) is 71.9 Å². The van der Waals surface area contributed by atoms with Gasteiger partial charge in [-0.05, 0) is 70.2 Å². The molecule has 0 spiro atoms. The third kappa shape index (κ3) is 12.8. The van der Waals surface area contributed by atoms with Gasteiger partial charge in [-0.15, -0.1) is 0 Å². The van der Waals surface area contributed by atoms with Crippen LogP contribution in [0.25, 0.3) is 22.3 Å². The normalized spacial score (nSPS) is 12.8. The van der Waals surface area contributed by atoms with Gasteiger partial charge < -0.3 is 25.4 Å². The van der Waals surface area contributed by atoms with Crippen molar-refractivity contribution in [1.29, 1.82) is 0 Å². The van der Waals surface area contributed by atoms with Gasteiger partial charge in [0.05, 0.1) is 0 Å². The number of hydrogen-bond donors (Lipinski definition) is 3. The number of alkyl carbamates (subject to hydrolysis) is 1. The molecule has 0 radical (unpaired) electrons. The van der Waals surface area contributed by atoms with Crippen LogP contribution in [0.3, 0.4) is 0 Å². The third-order valence-corrected chi connectivity index (χ3v) is 11.4. The van der Waals surface area contributed by atoms with Crippen molar-refractivity contribution in [2.75, 3.05) is 26.8 Å². The first-order valence-corrected chi connectivity index (χ1v) is 21.8. The number of nitrogens with one attached hydrogen (secondary N) is 3. The van der Waals surface area contributed by atoms with E-state index in [0.29, 0.717) is 38.8 Å². The van der Waals surface area contributed by atoms with Gasteiger partial charge in [-0.1, -0.05) is 156 Å². The fraction of sp³-hybridized carbons (Fsp3) is 0.440. The molecule has 1 atom stereocenters. The van der Waals surface area contributed by atoms with Crippen LogP contribution < -0.4 is 16.0 Å². The predicted octanol–water partition coefficient (Wildman–Crippen LogP) is 10.2. The van der Waals surface area contributed by atoms with Crippen molar-refractivity contribution in [2.24, 2.45) is 0 Å². The van der Waals surface area contributed by atoms with Crippen LogP contribution in [0.15, 0.2) is 97.1 Å². The molecular weight excluding hydrogens is 739 g/mol. The first kappa shape index (κ1) is 44.7. The molecule has 4 aromatic rings. The second-order valence-corrected chi connectivity index (χ2v) is 15.5. The van der Waals surface area contributed by atoms with E-state index in [1.807, 2.05) is 43.3 Å². The number of rotatable bonds is 21. The lowest BCUT2D eigenvalue weighted by Crippen LogP contribution is -2.46. The summed E-state index contributed by atoms with van der Waals surface area (Å²) in [6, 6.07) is 32.4. The van der Waals surface area contributed by atoms with Crippen LogP contribution >= 0.6 is 0 Å². The van der Waals surface area contributed by atoms with Crippen LogP contribution in [0.2, 0.25) is 0 Å². The predicted molar refractivity (Wildman–Crippen MR) is 235 cm³/mol. The van der Waals surface area contributed by atoms with Crippen molar-refractivity contribution in [3.8, 4) is 22.3 Å². The summed E-state index contributed by atoms with van der Waals surface area (Å²) >= 11 is 0. The van der Waals surface area contributed by atoms with E-state index >= 15 is 0 Å². The summed E-state index contributed by atoms with van der Waals surface area (Å²) < 4.78 is 11.0. The van der Waals surface area contributed by atoms with Crippen molar-refractivity contribution in [2.45, 2.75) is 115 Å². The van der Waals surface area contributed by atoms with E-state index in [9.17, 15) is 19.2 Å². The highest BCUT2D eigenvalue weighted by Gasteiger charge is 2.30. The molecule has 6 rings (SSSR count). The average molecular weight is 802 g/mol. The minimum Gasteiger partial charge on any atom is -0.465 e. The molecule has 9 heteroatoms. The van der Waals surface area contributed by atoms with Crippen molar-refractivity contribution in [1.82, 2.24) is 16.0 Å². The summed E-state index contributed by atoms with van der Waals surface area (Å²) in [5.41, 5.74) is 9.65. The summed E-state index contributed by atoms with van der Waals surface area (Å²) in [6.07, 6.45) is 12.0. The van der Waals surface area contributed by atoms with E-state index in [2.05, 4.69) is 83.5 Å². The number of amides is 3. The number of hydrogen-bond acceptors (Lipinski definition) is 6. The molecule has 0 saturated heterocycles. The Hall–Kier alpha value is -5.44. The largest absolute Gasteiger partial charge is 0.465 e. The Morgan fingerprint density at radius 3 is 1.51 bits per heavy atom. The monoisotopic (exact) mass is 801 g/mol. The average Bonchev–Trinajstić information content (AvgIpc) is 3.77. The van der Waals surface area contributed by atoms with E-state index in [4.69, 9.17) is 9.47 Å². The Morgan fingerprint density at radius 2 is 1.03 bits per heavy atom. The van der Waals surface area contributed by atoms with E-state index < -0.39 is 12.1 Å². The SMILES string of the molecule is CCC(=O)OCC1c2ccccc2-c2ccccc21.CCCCCCCCCCC(=O)NCCCC[C@@H](NC(=O)OCC1c2ccccc2-c2ccccc21)C(=O)NC. The van der Waals surface area contributed by atoms with E-state index in [1.54, 1.807) is 7.05 Å². The Bertz CT molecular complexity index is 1890. The van der Waals surface area contributed by atoms with Crippen molar-refractivity contribution in [3.05, 3.63) is 119 Å². The lowest BCUT2D eigenvalue weighted by Gasteiger charge is -2.19. The zero-order chi connectivity index (χ0) is 41.8. The molecule has 59 heavy (non-hydrogen) atoms. The van der Waals surface area contributed by atoms with Crippen molar-refractivity contribution >= 4 is 23.9 Å². The standard InChI is InChI=1S/C33H47N3O4.C17H16O2/c1-3-4-5-6-7-8-9-10-22-31(37)35-23-16-15-21-30(32(38)34-2)36-33(39)40-24-29-27-19-13-11-17-25(27)26-18-12-14-20-28(26)29;1-2-17(18)19-11-16-14-9-5-3-7-12(14)13-8-4-6-10-15(13)16/h11-14,17-20,29-30H,3-10,15-16,21-24H2,1-2H3,(H,34,38)(H,35,37)(H,36,39);3-10,16H,2,11H2,1H3/t30-;/m1./s1. The number of benzene rings is 4. The van der Waals surface area contributed by atoms with Gasteiger partial charge in [0.25, 0.3) is 0 Å². The number of carbonyl (C=O) groups is 4. The number of likely N-dealkylation sites (N-methyl/N-ethyl adjacent to an activating group) is 1. The lowest BCUT2D eigenvalue weighted by atomic mass is 9.98. The highest BCUT2D eigenvalue weighted by molar-refractivity contribution is 5.85. The van der Waals surface area contributed by atoms with Gasteiger partial charge in [-0.25, -0.2) is 4.79 Å². The Kier molecular flexibility index (Phi) is 18.0. The van der Waals surface area contributed by atoms with Gasteiger partial charge in [0.2, 0.25) is 11.8 Å². The maximum Gasteiger partial charge on any atom is 0.407 e. The van der Waals surface area contributed by atoms with Gasteiger partial charge in [0, 0.05) is 38.3 Å². The molecule has 0 aliphatic heterocycles. The zero-order valence-corrected chi connectivity index (χ0v) is 35.2. The first-order valence-electron chi connectivity index (χ1n) is 21.8. The highest BCUT2D eigenvalue weighted by Crippen LogP contribution is 2.45.